The molecule has 0 atom stereocenters. The van der Waals surface area contributed by atoms with Crippen molar-refractivity contribution in [1.29, 1.82) is 0 Å². The molecule has 92 valence electrons. The first-order valence-corrected chi connectivity index (χ1v) is 6.19. The topological polar surface area (TPSA) is 44.1 Å². The van der Waals surface area contributed by atoms with Crippen LogP contribution in [0, 0.1) is 19.3 Å². The van der Waals surface area contributed by atoms with Crippen molar-refractivity contribution < 1.29 is 9.53 Å². The van der Waals surface area contributed by atoms with Gasteiger partial charge in [-0.3, -0.25) is 0 Å². The summed E-state index contributed by atoms with van der Waals surface area (Å²) in [5.74, 6) is 1.84. The van der Waals surface area contributed by atoms with Gasteiger partial charge in [0, 0.05) is 24.2 Å². The van der Waals surface area contributed by atoms with Crippen molar-refractivity contribution >= 4 is 17.3 Å². The number of thiazole rings is 1. The molecule has 0 aliphatic carbocycles. The van der Waals surface area contributed by atoms with Crippen molar-refractivity contribution in [3.8, 4) is 23.6 Å². The van der Waals surface area contributed by atoms with Gasteiger partial charge in [-0.05, 0) is 13.0 Å². The van der Waals surface area contributed by atoms with Gasteiger partial charge in [0.05, 0.1) is 10.7 Å². The summed E-state index contributed by atoms with van der Waals surface area (Å²) >= 11 is 1.57. The molecule has 0 saturated carbocycles. The van der Waals surface area contributed by atoms with Crippen molar-refractivity contribution in [1.82, 2.24) is 9.55 Å². The number of carbonyl (C=O) groups is 1. The molecule has 0 aliphatic heterocycles. The van der Waals surface area contributed by atoms with Crippen molar-refractivity contribution in [3.63, 3.8) is 0 Å². The number of aryl methyl sites for hydroxylation is 2. The highest BCUT2D eigenvalue weighted by Crippen LogP contribution is 2.23. The Morgan fingerprint density at radius 2 is 2.44 bits per heavy atom. The molecule has 5 heteroatoms. The van der Waals surface area contributed by atoms with E-state index in [2.05, 4.69) is 10.9 Å². The molecule has 0 aliphatic rings. The van der Waals surface area contributed by atoms with Crippen LogP contribution in [0.1, 0.15) is 15.5 Å². The van der Waals surface area contributed by atoms with E-state index in [9.17, 15) is 4.79 Å². The number of nitrogens with zero attached hydrogens (tertiary/aromatic N) is 2. The lowest BCUT2D eigenvalue weighted by Gasteiger charge is -2.00. The molecular weight excluding hydrogens is 248 g/mol. The molecule has 0 radical (unpaired) electrons. The van der Waals surface area contributed by atoms with E-state index in [0.717, 1.165) is 16.3 Å². The summed E-state index contributed by atoms with van der Waals surface area (Å²) in [6.07, 6.45) is 6.90. The first-order chi connectivity index (χ1) is 8.61. The number of ether oxygens (including phenoxy) is 1. The quantitative estimate of drug-likeness (QED) is 0.628. The van der Waals surface area contributed by atoms with Crippen molar-refractivity contribution in [2.45, 2.75) is 6.92 Å². The molecule has 0 bridgehead atoms. The minimum Gasteiger partial charge on any atom is -0.448 e. The maximum Gasteiger partial charge on any atom is 0.355 e. The Morgan fingerprint density at radius 1 is 1.67 bits per heavy atom. The molecule has 0 saturated heterocycles. The largest absolute Gasteiger partial charge is 0.448 e. The van der Waals surface area contributed by atoms with Gasteiger partial charge in [-0.25, -0.2) is 9.78 Å². The van der Waals surface area contributed by atoms with Gasteiger partial charge in [-0.15, -0.1) is 17.8 Å². The van der Waals surface area contributed by atoms with E-state index < -0.39 is 5.97 Å². The van der Waals surface area contributed by atoms with Crippen LogP contribution in [0.15, 0.2) is 17.6 Å². The van der Waals surface area contributed by atoms with Crippen LogP contribution in [0.5, 0.6) is 0 Å². The van der Waals surface area contributed by atoms with Crippen LogP contribution in [0.25, 0.3) is 11.3 Å². The summed E-state index contributed by atoms with van der Waals surface area (Å²) in [5.41, 5.74) is 2.23. The number of hydrogen-bond acceptors (Lipinski definition) is 4. The molecule has 2 rings (SSSR count). The van der Waals surface area contributed by atoms with E-state index in [1.807, 2.05) is 18.5 Å². The average molecular weight is 260 g/mol. The van der Waals surface area contributed by atoms with E-state index in [0.29, 0.717) is 5.69 Å². The smallest absolute Gasteiger partial charge is 0.355 e. The molecule has 0 aromatic carbocycles. The fourth-order valence-electron chi connectivity index (χ4n) is 1.58. The van der Waals surface area contributed by atoms with Gasteiger partial charge in [-0.1, -0.05) is 5.92 Å². The highest BCUT2D eigenvalue weighted by Gasteiger charge is 2.14. The molecule has 2 aromatic rings. The SMILES string of the molecule is C#CCOC(=O)c1cc(-c2csc(C)n2)cn1C. The predicted octanol–water partition coefficient (Wildman–Crippen LogP) is 2.25. The van der Waals surface area contributed by atoms with Gasteiger partial charge in [0.25, 0.3) is 0 Å². The number of carbonyl (C=O) groups excluding carboxylic acids is 1. The van der Waals surface area contributed by atoms with Crippen LogP contribution >= 0.6 is 11.3 Å². The normalized spacial score (nSPS) is 10.1. The van der Waals surface area contributed by atoms with Crippen LogP contribution in [0.3, 0.4) is 0 Å². The van der Waals surface area contributed by atoms with Crippen LogP contribution in [-0.2, 0) is 11.8 Å². The molecule has 0 spiro atoms. The molecule has 0 fully saturated rings. The fourth-order valence-corrected chi connectivity index (χ4v) is 2.21. The molecule has 0 unspecified atom stereocenters. The zero-order valence-electron chi connectivity index (χ0n) is 10.1. The van der Waals surface area contributed by atoms with Crippen LogP contribution in [0.4, 0.5) is 0 Å². The van der Waals surface area contributed by atoms with Gasteiger partial charge in [0.1, 0.15) is 5.69 Å². The summed E-state index contributed by atoms with van der Waals surface area (Å²) in [6.45, 7) is 1.92. The maximum absolute atomic E-state index is 11.7. The maximum atomic E-state index is 11.7. The summed E-state index contributed by atoms with van der Waals surface area (Å²) < 4.78 is 6.61. The second-order valence-electron chi connectivity index (χ2n) is 3.76. The number of hydrogen-bond donors (Lipinski definition) is 0. The Hall–Kier alpha value is -2.06. The lowest BCUT2D eigenvalue weighted by molar-refractivity contribution is 0.0546. The Kier molecular flexibility index (Phi) is 3.49. The lowest BCUT2D eigenvalue weighted by atomic mass is 10.2. The van der Waals surface area contributed by atoms with E-state index >= 15 is 0 Å². The summed E-state index contributed by atoms with van der Waals surface area (Å²) in [6, 6.07) is 1.76. The molecule has 2 heterocycles. The van der Waals surface area contributed by atoms with Crippen molar-refractivity contribution in [2.75, 3.05) is 6.61 Å². The van der Waals surface area contributed by atoms with Crippen LogP contribution in [0.2, 0.25) is 0 Å². The van der Waals surface area contributed by atoms with Gasteiger partial charge in [0.2, 0.25) is 0 Å². The monoisotopic (exact) mass is 260 g/mol. The minimum absolute atomic E-state index is 0.0187. The third kappa shape index (κ3) is 2.44. The van der Waals surface area contributed by atoms with Gasteiger partial charge in [-0.2, -0.15) is 0 Å². The van der Waals surface area contributed by atoms with Gasteiger partial charge < -0.3 is 9.30 Å². The Bertz CT molecular complexity index is 619. The molecule has 0 N–H and O–H groups in total. The molecular formula is C13H12N2O2S. The van der Waals surface area contributed by atoms with Crippen LogP contribution < -0.4 is 0 Å². The van der Waals surface area contributed by atoms with E-state index in [-0.39, 0.29) is 6.61 Å². The fraction of sp³-hybridized carbons (Fsp3) is 0.231. The third-order valence-electron chi connectivity index (χ3n) is 2.42. The lowest BCUT2D eigenvalue weighted by Crippen LogP contribution is -2.09. The minimum atomic E-state index is -0.423. The van der Waals surface area contributed by atoms with Gasteiger partial charge >= 0.3 is 5.97 Å². The van der Waals surface area contributed by atoms with Crippen molar-refractivity contribution in [3.05, 3.63) is 28.3 Å². The highest BCUT2D eigenvalue weighted by atomic mass is 32.1. The summed E-state index contributed by atoms with van der Waals surface area (Å²) in [7, 11) is 1.79. The second kappa shape index (κ2) is 5.07. The number of terminal acetylenes is 1. The molecule has 4 nitrogen and oxygen atoms in total. The first kappa shape index (κ1) is 12.4. The second-order valence-corrected chi connectivity index (χ2v) is 4.82. The van der Waals surface area contributed by atoms with E-state index in [1.165, 1.54) is 0 Å². The number of esters is 1. The molecule has 0 amide bonds. The molecule has 2 aromatic heterocycles. The number of rotatable bonds is 3. The average Bonchev–Trinajstić information content (AvgIpc) is 2.92. The standard InChI is InChI=1S/C13H12N2O2S/c1-4-5-17-13(16)12-6-10(7-15(12)3)11-8-18-9(2)14-11/h1,6-8H,5H2,2-3H3. The third-order valence-corrected chi connectivity index (χ3v) is 3.19. The van der Waals surface area contributed by atoms with E-state index in [1.54, 1.807) is 29.0 Å². The zero-order chi connectivity index (χ0) is 13.1. The Balaban J connectivity index is 2.27. The highest BCUT2D eigenvalue weighted by molar-refractivity contribution is 7.09. The zero-order valence-corrected chi connectivity index (χ0v) is 11.0. The Labute approximate surface area is 109 Å². The predicted molar refractivity (Wildman–Crippen MR) is 70.4 cm³/mol. The van der Waals surface area contributed by atoms with E-state index in [4.69, 9.17) is 11.2 Å². The molecule has 18 heavy (non-hydrogen) atoms. The van der Waals surface area contributed by atoms with Crippen molar-refractivity contribution in [2.24, 2.45) is 7.05 Å². The summed E-state index contributed by atoms with van der Waals surface area (Å²) in [5, 5.41) is 2.95. The Morgan fingerprint density at radius 3 is 3.06 bits per heavy atom. The first-order valence-electron chi connectivity index (χ1n) is 5.31. The van der Waals surface area contributed by atoms with Gasteiger partial charge in [0.15, 0.2) is 6.61 Å². The van der Waals surface area contributed by atoms with Crippen LogP contribution in [-0.4, -0.2) is 22.1 Å². The summed E-state index contributed by atoms with van der Waals surface area (Å²) in [4.78, 5) is 16.1. The number of aromatic nitrogens is 2.